The van der Waals surface area contributed by atoms with Crippen LogP contribution >= 0.6 is 34.8 Å². The second kappa shape index (κ2) is 9.94. The predicted octanol–water partition coefficient (Wildman–Crippen LogP) is 0.222. The summed E-state index contributed by atoms with van der Waals surface area (Å²) >= 11 is 16.6. The Morgan fingerprint density at radius 3 is 2.46 bits per heavy atom. The molecule has 0 radical (unpaired) electrons. The Bertz CT molecular complexity index is 527. The van der Waals surface area contributed by atoms with Gasteiger partial charge in [-0.25, -0.2) is 0 Å². The Hall–Kier alpha value is -0.800. The third-order valence-electron chi connectivity index (χ3n) is 3.78. The lowest BCUT2D eigenvalue weighted by molar-refractivity contribution is -0.149. The van der Waals surface area contributed by atoms with Crippen LogP contribution in [0.25, 0.3) is 0 Å². The first-order chi connectivity index (χ1) is 11.9. The monoisotopic (exact) mass is 431 g/mol. The van der Waals surface area contributed by atoms with Gasteiger partial charge < -0.3 is 25.4 Å². The number of nitrogens with one attached hydrogen (secondary N) is 2. The van der Waals surface area contributed by atoms with Gasteiger partial charge in [-0.15, -0.1) is 0 Å². The highest BCUT2D eigenvalue weighted by Crippen LogP contribution is 2.26. The Morgan fingerprint density at radius 2 is 1.92 bits per heavy atom. The molecule has 150 valence electrons. The maximum atomic E-state index is 12.5. The van der Waals surface area contributed by atoms with Crippen molar-refractivity contribution in [1.82, 2.24) is 15.5 Å². The van der Waals surface area contributed by atoms with E-state index >= 15 is 0 Å². The number of nitrogens with zero attached hydrogens (tertiary/aromatic N) is 1. The van der Waals surface area contributed by atoms with Gasteiger partial charge in [0.1, 0.15) is 24.8 Å². The smallest absolute Gasteiger partial charge is 0.325 e. The maximum absolute atomic E-state index is 12.5. The number of hydrogen-bond donors (Lipinski definition) is 3. The number of aliphatic hydroxyl groups excluding tert-OH is 1. The molecule has 11 heteroatoms. The van der Waals surface area contributed by atoms with Gasteiger partial charge in [-0.3, -0.25) is 14.4 Å². The molecule has 0 spiro atoms. The van der Waals surface area contributed by atoms with E-state index in [0.29, 0.717) is 13.1 Å². The highest BCUT2D eigenvalue weighted by Gasteiger charge is 2.33. The van der Waals surface area contributed by atoms with E-state index in [4.69, 9.17) is 39.5 Å². The Balaban J connectivity index is 2.58. The van der Waals surface area contributed by atoms with E-state index in [1.165, 1.54) is 11.8 Å². The Labute approximate surface area is 167 Å². The van der Waals surface area contributed by atoms with Crippen molar-refractivity contribution < 1.29 is 24.2 Å². The summed E-state index contributed by atoms with van der Waals surface area (Å²) in [5.41, 5.74) is 0. The molecule has 0 unspecified atom stereocenters. The number of alkyl halides is 3. The van der Waals surface area contributed by atoms with Crippen LogP contribution in [0, 0.1) is 5.92 Å². The Kier molecular flexibility index (Phi) is 8.88. The molecular weight excluding hydrogens is 409 g/mol. The van der Waals surface area contributed by atoms with Crippen molar-refractivity contribution in [3.8, 4) is 0 Å². The normalized spacial score (nSPS) is 20.5. The number of halogens is 3. The molecule has 2 amide bonds. The molecule has 3 atom stereocenters. The number of hydrogen-bond acceptors (Lipinski definition) is 6. The minimum Gasteiger partial charge on any atom is -0.460 e. The fraction of sp³-hybridized carbons (Fsp3) is 0.800. The number of carbonyl (C=O) groups excluding carboxylic acids is 3. The van der Waals surface area contributed by atoms with Gasteiger partial charge in [0.25, 0.3) is 0 Å². The van der Waals surface area contributed by atoms with E-state index in [0.717, 1.165) is 0 Å². The standard InChI is InChI=1S/C15H24Cl3N3O5/c1-8(2)11(22)12(23)20-9(3)13(24)21-5-4-19-10(6-21)14(25)26-7-15(16,17)18/h8-11,19,22H,4-7H2,1-3H3,(H,20,23)/t9-,10-,11-/m0/s1. The molecule has 8 nitrogen and oxygen atoms in total. The van der Waals surface area contributed by atoms with Gasteiger partial charge in [0.05, 0.1) is 0 Å². The molecule has 3 N–H and O–H groups in total. The SMILES string of the molecule is CC(C)[C@H](O)C(=O)N[C@@H](C)C(=O)N1CCN[C@H](C(=O)OCC(Cl)(Cl)Cl)C1. The number of piperazine rings is 1. The molecule has 1 saturated heterocycles. The third-order valence-corrected chi connectivity index (χ3v) is 4.11. The lowest BCUT2D eigenvalue weighted by Crippen LogP contribution is -2.59. The van der Waals surface area contributed by atoms with Crippen molar-refractivity contribution >= 4 is 52.6 Å². The molecule has 26 heavy (non-hydrogen) atoms. The quantitative estimate of drug-likeness (QED) is 0.409. The highest BCUT2D eigenvalue weighted by atomic mass is 35.6. The van der Waals surface area contributed by atoms with Crippen LogP contribution in [0.5, 0.6) is 0 Å². The van der Waals surface area contributed by atoms with Crippen LogP contribution in [-0.4, -0.2) is 76.0 Å². The second-order valence-corrected chi connectivity index (χ2v) is 8.95. The zero-order chi connectivity index (χ0) is 20.1. The number of carbonyl (C=O) groups is 3. The van der Waals surface area contributed by atoms with E-state index < -0.39 is 40.5 Å². The van der Waals surface area contributed by atoms with Crippen LogP contribution in [0.3, 0.4) is 0 Å². The van der Waals surface area contributed by atoms with Gasteiger partial charge in [0.15, 0.2) is 0 Å². The van der Waals surface area contributed by atoms with Gasteiger partial charge in [-0.1, -0.05) is 48.7 Å². The molecule has 1 rings (SSSR count). The summed E-state index contributed by atoms with van der Waals surface area (Å²) in [7, 11) is 0. The molecular formula is C15H24Cl3N3O5. The van der Waals surface area contributed by atoms with Crippen LogP contribution in [0.1, 0.15) is 20.8 Å². The largest absolute Gasteiger partial charge is 0.460 e. The lowest BCUT2D eigenvalue weighted by Gasteiger charge is -2.34. The average Bonchev–Trinajstić information content (AvgIpc) is 2.57. The molecule has 0 aliphatic carbocycles. The van der Waals surface area contributed by atoms with Crippen LogP contribution in [0.4, 0.5) is 0 Å². The number of amides is 2. The maximum Gasteiger partial charge on any atom is 0.325 e. The van der Waals surface area contributed by atoms with Crippen molar-refractivity contribution in [2.75, 3.05) is 26.2 Å². The summed E-state index contributed by atoms with van der Waals surface area (Å²) in [6.45, 7) is 5.30. The molecule has 1 fully saturated rings. The first kappa shape index (κ1) is 23.2. The van der Waals surface area contributed by atoms with E-state index in [-0.39, 0.29) is 18.4 Å². The van der Waals surface area contributed by atoms with E-state index in [2.05, 4.69) is 10.6 Å². The summed E-state index contributed by atoms with van der Waals surface area (Å²) < 4.78 is 3.21. The first-order valence-corrected chi connectivity index (χ1v) is 9.29. The third kappa shape index (κ3) is 7.44. The van der Waals surface area contributed by atoms with Crippen molar-refractivity contribution in [1.29, 1.82) is 0 Å². The summed E-state index contributed by atoms with van der Waals surface area (Å²) in [5.74, 6) is -1.89. The topological polar surface area (TPSA) is 108 Å². The van der Waals surface area contributed by atoms with Crippen LogP contribution in [0.2, 0.25) is 0 Å². The average molecular weight is 433 g/mol. The zero-order valence-corrected chi connectivity index (χ0v) is 17.1. The van der Waals surface area contributed by atoms with Crippen molar-refractivity contribution in [3.05, 3.63) is 0 Å². The second-order valence-electron chi connectivity index (χ2n) is 6.43. The number of esters is 1. The predicted molar refractivity (Wildman–Crippen MR) is 98.1 cm³/mol. The van der Waals surface area contributed by atoms with Gasteiger partial charge in [-0.05, 0) is 12.8 Å². The molecule has 0 bridgehead atoms. The zero-order valence-electron chi connectivity index (χ0n) is 14.8. The molecule has 1 heterocycles. The summed E-state index contributed by atoms with van der Waals surface area (Å²) in [6.07, 6.45) is -1.20. The number of aliphatic hydroxyl groups is 1. The van der Waals surface area contributed by atoms with Crippen molar-refractivity contribution in [2.45, 2.75) is 42.8 Å². The minimum absolute atomic E-state index is 0.0600. The van der Waals surface area contributed by atoms with Gasteiger partial charge in [0, 0.05) is 19.6 Å². The fourth-order valence-electron chi connectivity index (χ4n) is 2.30. The summed E-state index contributed by atoms with van der Waals surface area (Å²) in [5, 5.41) is 15.1. The van der Waals surface area contributed by atoms with Gasteiger partial charge >= 0.3 is 5.97 Å². The molecule has 0 aromatic carbocycles. The van der Waals surface area contributed by atoms with E-state index in [1.54, 1.807) is 13.8 Å². The first-order valence-electron chi connectivity index (χ1n) is 8.16. The van der Waals surface area contributed by atoms with E-state index in [1.807, 2.05) is 0 Å². The molecule has 0 aromatic rings. The number of rotatable bonds is 6. The minimum atomic E-state index is -1.71. The molecule has 1 aliphatic heterocycles. The van der Waals surface area contributed by atoms with Gasteiger partial charge in [0.2, 0.25) is 15.6 Å². The molecule has 0 saturated carbocycles. The fourth-order valence-corrected chi connectivity index (χ4v) is 2.46. The van der Waals surface area contributed by atoms with E-state index in [9.17, 15) is 19.5 Å². The van der Waals surface area contributed by atoms with Crippen LogP contribution in [0.15, 0.2) is 0 Å². The van der Waals surface area contributed by atoms with Crippen LogP contribution < -0.4 is 10.6 Å². The Morgan fingerprint density at radius 1 is 1.31 bits per heavy atom. The van der Waals surface area contributed by atoms with Crippen molar-refractivity contribution in [2.24, 2.45) is 5.92 Å². The van der Waals surface area contributed by atoms with Crippen molar-refractivity contribution in [3.63, 3.8) is 0 Å². The molecule has 1 aliphatic rings. The lowest BCUT2D eigenvalue weighted by atomic mass is 10.1. The number of ether oxygens (including phenoxy) is 1. The van der Waals surface area contributed by atoms with Gasteiger partial charge in [-0.2, -0.15) is 0 Å². The highest BCUT2D eigenvalue weighted by molar-refractivity contribution is 6.67. The van der Waals surface area contributed by atoms with Crippen LogP contribution in [-0.2, 0) is 19.1 Å². The molecule has 0 aromatic heterocycles. The summed E-state index contributed by atoms with van der Waals surface area (Å²) in [4.78, 5) is 37.8. The summed E-state index contributed by atoms with van der Waals surface area (Å²) in [6, 6.07) is -1.60.